The molecule has 22 heavy (non-hydrogen) atoms. The van der Waals surface area contributed by atoms with Gasteiger partial charge in [0.1, 0.15) is 13.1 Å². The monoisotopic (exact) mass is 310 g/mol. The van der Waals surface area contributed by atoms with Crippen LogP contribution < -0.4 is 5.32 Å². The van der Waals surface area contributed by atoms with Crippen molar-refractivity contribution in [3.05, 3.63) is 0 Å². The molecule has 0 aromatic rings. The normalized spacial score (nSPS) is 30.0. The van der Waals surface area contributed by atoms with E-state index in [2.05, 4.69) is 17.1 Å². The maximum absolute atomic E-state index is 12.4. The summed E-state index contributed by atoms with van der Waals surface area (Å²) in [6.45, 7) is 5.99. The standard InChI is InChI=1S/C14H22N4O4/c1-10-11(16-4-6-22-7-5-16)2-3-18(10)13(20)9-17-8-12(19)15-14(17)21/h10-11H,2-9H2,1H3,(H,15,19,21)/t10-,11-/m1/s1. The first-order valence-corrected chi connectivity index (χ1v) is 7.76. The Balaban J connectivity index is 1.57. The molecule has 0 aromatic heterocycles. The van der Waals surface area contributed by atoms with Gasteiger partial charge in [-0.3, -0.25) is 19.8 Å². The zero-order chi connectivity index (χ0) is 15.7. The molecule has 0 radical (unpaired) electrons. The third-order valence-corrected chi connectivity index (χ3v) is 4.74. The lowest BCUT2D eigenvalue weighted by Crippen LogP contribution is -2.50. The van der Waals surface area contributed by atoms with Crippen LogP contribution in [0.2, 0.25) is 0 Å². The van der Waals surface area contributed by atoms with Crippen LogP contribution in [0.1, 0.15) is 13.3 Å². The van der Waals surface area contributed by atoms with Crippen molar-refractivity contribution in [3.8, 4) is 0 Å². The van der Waals surface area contributed by atoms with E-state index >= 15 is 0 Å². The Labute approximate surface area is 129 Å². The van der Waals surface area contributed by atoms with Gasteiger partial charge in [0.2, 0.25) is 11.8 Å². The van der Waals surface area contributed by atoms with E-state index in [0.717, 1.165) is 32.7 Å². The highest BCUT2D eigenvalue weighted by Gasteiger charge is 2.39. The largest absolute Gasteiger partial charge is 0.379 e. The lowest BCUT2D eigenvalue weighted by atomic mass is 10.1. The van der Waals surface area contributed by atoms with Gasteiger partial charge in [-0.2, -0.15) is 0 Å². The van der Waals surface area contributed by atoms with Crippen LogP contribution in [0.5, 0.6) is 0 Å². The molecule has 4 amide bonds. The molecular weight excluding hydrogens is 288 g/mol. The van der Waals surface area contributed by atoms with E-state index in [4.69, 9.17) is 4.74 Å². The Kier molecular flexibility index (Phi) is 4.30. The number of amides is 4. The van der Waals surface area contributed by atoms with Crippen LogP contribution in [0, 0.1) is 0 Å². The Morgan fingerprint density at radius 3 is 2.64 bits per heavy atom. The van der Waals surface area contributed by atoms with Crippen molar-refractivity contribution in [2.24, 2.45) is 0 Å². The van der Waals surface area contributed by atoms with Gasteiger partial charge >= 0.3 is 6.03 Å². The Morgan fingerprint density at radius 2 is 2.00 bits per heavy atom. The summed E-state index contributed by atoms with van der Waals surface area (Å²) in [5.74, 6) is -0.438. The number of imide groups is 1. The molecule has 1 N–H and O–H groups in total. The fourth-order valence-electron chi connectivity index (χ4n) is 3.54. The van der Waals surface area contributed by atoms with Gasteiger partial charge in [0.25, 0.3) is 0 Å². The summed E-state index contributed by atoms with van der Waals surface area (Å²) < 4.78 is 5.37. The minimum atomic E-state index is -0.477. The summed E-state index contributed by atoms with van der Waals surface area (Å²) >= 11 is 0. The van der Waals surface area contributed by atoms with Crippen molar-refractivity contribution in [2.75, 3.05) is 45.9 Å². The zero-order valence-corrected chi connectivity index (χ0v) is 12.8. The molecule has 8 heteroatoms. The molecule has 8 nitrogen and oxygen atoms in total. The van der Waals surface area contributed by atoms with Gasteiger partial charge in [-0.25, -0.2) is 4.79 Å². The summed E-state index contributed by atoms with van der Waals surface area (Å²) in [5.41, 5.74) is 0. The molecule has 3 rings (SSSR count). The number of nitrogens with zero attached hydrogens (tertiary/aromatic N) is 3. The van der Waals surface area contributed by atoms with Crippen LogP contribution in [0.15, 0.2) is 0 Å². The third kappa shape index (κ3) is 2.93. The summed E-state index contributed by atoms with van der Waals surface area (Å²) in [5, 5.41) is 2.19. The molecule has 3 heterocycles. The molecule has 2 atom stereocenters. The topological polar surface area (TPSA) is 82.2 Å². The number of urea groups is 1. The van der Waals surface area contributed by atoms with E-state index in [0.29, 0.717) is 12.6 Å². The van der Waals surface area contributed by atoms with Crippen molar-refractivity contribution in [3.63, 3.8) is 0 Å². The van der Waals surface area contributed by atoms with Gasteiger partial charge < -0.3 is 14.5 Å². The number of carbonyl (C=O) groups excluding carboxylic acids is 3. The first kappa shape index (κ1) is 15.2. The molecule has 0 spiro atoms. The van der Waals surface area contributed by atoms with Crippen LogP contribution >= 0.6 is 0 Å². The average Bonchev–Trinajstić information content (AvgIpc) is 3.02. The number of likely N-dealkylation sites (tertiary alicyclic amines) is 1. The first-order chi connectivity index (χ1) is 10.6. The average molecular weight is 310 g/mol. The van der Waals surface area contributed by atoms with Crippen molar-refractivity contribution < 1.29 is 19.1 Å². The van der Waals surface area contributed by atoms with Crippen LogP contribution in [-0.2, 0) is 14.3 Å². The molecule has 0 aliphatic carbocycles. The number of ether oxygens (including phenoxy) is 1. The van der Waals surface area contributed by atoms with Gasteiger partial charge in [-0.05, 0) is 13.3 Å². The van der Waals surface area contributed by atoms with Gasteiger partial charge in [0.15, 0.2) is 0 Å². The number of carbonyl (C=O) groups is 3. The molecule has 0 aromatic carbocycles. The second-order valence-corrected chi connectivity index (χ2v) is 6.04. The summed E-state index contributed by atoms with van der Waals surface area (Å²) in [4.78, 5) is 40.6. The lowest BCUT2D eigenvalue weighted by Gasteiger charge is -2.36. The molecule has 122 valence electrons. The van der Waals surface area contributed by atoms with Gasteiger partial charge in [-0.1, -0.05) is 0 Å². The first-order valence-electron chi connectivity index (χ1n) is 7.76. The van der Waals surface area contributed by atoms with E-state index in [1.807, 2.05) is 4.90 Å². The molecular formula is C14H22N4O4. The van der Waals surface area contributed by atoms with Crippen molar-refractivity contribution in [1.29, 1.82) is 0 Å². The van der Waals surface area contributed by atoms with E-state index in [1.54, 1.807) is 0 Å². The molecule has 3 saturated heterocycles. The summed E-state index contributed by atoms with van der Waals surface area (Å²) in [6, 6.07) is -0.0104. The highest BCUT2D eigenvalue weighted by Crippen LogP contribution is 2.24. The minimum Gasteiger partial charge on any atom is -0.379 e. The number of rotatable bonds is 3. The molecule has 0 bridgehead atoms. The van der Waals surface area contributed by atoms with Gasteiger partial charge in [0.05, 0.1) is 13.2 Å². The Bertz CT molecular complexity index is 477. The van der Waals surface area contributed by atoms with Gasteiger partial charge in [-0.15, -0.1) is 0 Å². The second-order valence-electron chi connectivity index (χ2n) is 6.04. The number of nitrogens with one attached hydrogen (secondary N) is 1. The fourth-order valence-corrected chi connectivity index (χ4v) is 3.54. The maximum atomic E-state index is 12.4. The van der Waals surface area contributed by atoms with E-state index in [1.165, 1.54) is 4.90 Å². The van der Waals surface area contributed by atoms with Crippen LogP contribution in [0.3, 0.4) is 0 Å². The molecule has 3 aliphatic rings. The molecule has 0 saturated carbocycles. The summed E-state index contributed by atoms with van der Waals surface area (Å²) in [7, 11) is 0. The Hall–Kier alpha value is -1.67. The van der Waals surface area contributed by atoms with E-state index in [9.17, 15) is 14.4 Å². The number of hydrogen-bond acceptors (Lipinski definition) is 5. The van der Waals surface area contributed by atoms with Gasteiger partial charge in [0, 0.05) is 31.7 Å². The fraction of sp³-hybridized carbons (Fsp3) is 0.786. The minimum absolute atomic E-state index is 0.0281. The highest BCUT2D eigenvalue weighted by atomic mass is 16.5. The molecule has 0 unspecified atom stereocenters. The quantitative estimate of drug-likeness (QED) is 0.666. The second kappa shape index (κ2) is 6.21. The molecule has 3 aliphatic heterocycles. The zero-order valence-electron chi connectivity index (χ0n) is 12.8. The highest BCUT2D eigenvalue weighted by molar-refractivity contribution is 6.03. The maximum Gasteiger partial charge on any atom is 0.325 e. The molecule has 3 fully saturated rings. The number of morpholine rings is 1. The lowest BCUT2D eigenvalue weighted by molar-refractivity contribution is -0.132. The SMILES string of the molecule is C[C@@H]1[C@H](N2CCOCC2)CCN1C(=O)CN1CC(=O)NC1=O. The Morgan fingerprint density at radius 1 is 1.27 bits per heavy atom. The van der Waals surface area contributed by atoms with Crippen LogP contribution in [0.25, 0.3) is 0 Å². The predicted octanol–water partition coefficient (Wildman–Crippen LogP) is -1.14. The summed E-state index contributed by atoms with van der Waals surface area (Å²) in [6.07, 6.45) is 0.942. The van der Waals surface area contributed by atoms with Crippen molar-refractivity contribution >= 4 is 17.8 Å². The van der Waals surface area contributed by atoms with Crippen molar-refractivity contribution in [2.45, 2.75) is 25.4 Å². The van der Waals surface area contributed by atoms with Crippen LogP contribution in [-0.4, -0.2) is 90.6 Å². The smallest absolute Gasteiger partial charge is 0.325 e. The number of hydrogen-bond donors (Lipinski definition) is 1. The predicted molar refractivity (Wildman–Crippen MR) is 77.1 cm³/mol. The van der Waals surface area contributed by atoms with Crippen LogP contribution in [0.4, 0.5) is 4.79 Å². The van der Waals surface area contributed by atoms with E-state index < -0.39 is 6.03 Å². The van der Waals surface area contributed by atoms with E-state index in [-0.39, 0.29) is 30.9 Å². The third-order valence-electron chi connectivity index (χ3n) is 4.74. The van der Waals surface area contributed by atoms with Crippen molar-refractivity contribution in [1.82, 2.24) is 20.0 Å².